The number of fused-ring (bicyclic) bond motifs is 1. The zero-order valence-corrected chi connectivity index (χ0v) is 18.4. The molecule has 0 aromatic heterocycles. The van der Waals surface area contributed by atoms with Crippen LogP contribution in [0.25, 0.3) is 0 Å². The van der Waals surface area contributed by atoms with Crippen LogP contribution in [0, 0.1) is 17.8 Å². The standard InChI is InChI=1S/C25H36O6/c1-2-29-25(28)10-6-7-18-11-13-22-21(23(27)15-24(22)31-16-18)14-12-19(26)17-30-20-8-4-3-5-9-20/h3-5,8-9,12,14,18-19,21-24,26-27H,2,6-7,10-11,13,15-17H2,1H3/t18?,19?,21-,22-,23-,24+/m1/s1. The van der Waals surface area contributed by atoms with E-state index in [2.05, 4.69) is 0 Å². The van der Waals surface area contributed by atoms with Gasteiger partial charge in [-0.3, -0.25) is 4.79 Å². The lowest BCUT2D eigenvalue weighted by Crippen LogP contribution is -2.22. The summed E-state index contributed by atoms with van der Waals surface area (Å²) < 4.78 is 16.8. The SMILES string of the molecule is CCOC(=O)CCCC1CC[C@@H]2[C@@H](C=CC(O)COc3ccccc3)[C@H](O)C[C@@H]2OC1. The van der Waals surface area contributed by atoms with Crippen molar-refractivity contribution >= 4 is 5.97 Å². The number of rotatable bonds is 10. The van der Waals surface area contributed by atoms with Gasteiger partial charge in [-0.05, 0) is 56.6 Å². The molecule has 0 amide bonds. The fourth-order valence-corrected chi connectivity index (χ4v) is 4.72. The van der Waals surface area contributed by atoms with Crippen LogP contribution in [0.3, 0.4) is 0 Å². The third-order valence-corrected chi connectivity index (χ3v) is 6.36. The van der Waals surface area contributed by atoms with Crippen molar-refractivity contribution in [1.82, 2.24) is 0 Å². The summed E-state index contributed by atoms with van der Waals surface area (Å²) in [4.78, 5) is 11.5. The van der Waals surface area contributed by atoms with Gasteiger partial charge in [0.1, 0.15) is 18.5 Å². The highest BCUT2D eigenvalue weighted by Crippen LogP contribution is 2.42. The molecule has 1 saturated heterocycles. The number of para-hydroxylation sites is 1. The van der Waals surface area contributed by atoms with Gasteiger partial charge in [-0.25, -0.2) is 0 Å². The van der Waals surface area contributed by atoms with Crippen molar-refractivity contribution in [3.8, 4) is 5.75 Å². The molecular formula is C25H36O6. The van der Waals surface area contributed by atoms with Gasteiger partial charge in [0.2, 0.25) is 0 Å². The highest BCUT2D eigenvalue weighted by Gasteiger charge is 2.43. The normalized spacial score (nSPS) is 29.3. The van der Waals surface area contributed by atoms with Crippen molar-refractivity contribution in [3.05, 3.63) is 42.5 Å². The summed E-state index contributed by atoms with van der Waals surface area (Å²) in [6.45, 7) is 3.11. The first-order valence-electron chi connectivity index (χ1n) is 11.6. The third kappa shape index (κ3) is 7.34. The van der Waals surface area contributed by atoms with Gasteiger partial charge in [0.05, 0.1) is 18.8 Å². The predicted molar refractivity (Wildman–Crippen MR) is 118 cm³/mol. The van der Waals surface area contributed by atoms with Crippen molar-refractivity contribution in [1.29, 1.82) is 0 Å². The van der Waals surface area contributed by atoms with Gasteiger partial charge in [0.15, 0.2) is 0 Å². The molecule has 0 radical (unpaired) electrons. The maximum absolute atomic E-state index is 11.5. The van der Waals surface area contributed by atoms with Crippen LogP contribution in [0.15, 0.2) is 42.5 Å². The molecule has 3 rings (SSSR count). The number of aliphatic hydroxyl groups excluding tert-OH is 2. The second kappa shape index (κ2) is 12.2. The van der Waals surface area contributed by atoms with E-state index in [9.17, 15) is 15.0 Å². The molecule has 172 valence electrons. The first-order valence-corrected chi connectivity index (χ1v) is 11.6. The molecule has 1 aromatic rings. The van der Waals surface area contributed by atoms with E-state index in [0.717, 1.165) is 31.4 Å². The molecule has 1 aromatic carbocycles. The number of hydrogen-bond acceptors (Lipinski definition) is 6. The second-order valence-corrected chi connectivity index (χ2v) is 8.63. The molecular weight excluding hydrogens is 396 g/mol. The van der Waals surface area contributed by atoms with Gasteiger partial charge < -0.3 is 24.4 Å². The van der Waals surface area contributed by atoms with Crippen LogP contribution in [0.4, 0.5) is 0 Å². The van der Waals surface area contributed by atoms with Crippen molar-refractivity contribution in [2.24, 2.45) is 17.8 Å². The Morgan fingerprint density at radius 3 is 2.87 bits per heavy atom. The molecule has 2 N–H and O–H groups in total. The molecule has 1 heterocycles. The molecule has 2 aliphatic rings. The van der Waals surface area contributed by atoms with E-state index >= 15 is 0 Å². The van der Waals surface area contributed by atoms with Crippen LogP contribution in [0.2, 0.25) is 0 Å². The lowest BCUT2D eigenvalue weighted by atomic mass is 9.86. The molecule has 0 bridgehead atoms. The lowest BCUT2D eigenvalue weighted by molar-refractivity contribution is -0.143. The van der Waals surface area contributed by atoms with Crippen LogP contribution >= 0.6 is 0 Å². The smallest absolute Gasteiger partial charge is 0.305 e. The van der Waals surface area contributed by atoms with Crippen molar-refractivity contribution in [2.45, 2.75) is 63.8 Å². The Labute approximate surface area is 185 Å². The number of ether oxygens (including phenoxy) is 3. The quantitative estimate of drug-likeness (QED) is 0.435. The molecule has 6 atom stereocenters. The fourth-order valence-electron chi connectivity index (χ4n) is 4.72. The largest absolute Gasteiger partial charge is 0.491 e. The Morgan fingerprint density at radius 2 is 2.10 bits per heavy atom. The zero-order chi connectivity index (χ0) is 22.1. The zero-order valence-electron chi connectivity index (χ0n) is 18.4. The average Bonchev–Trinajstić information content (AvgIpc) is 2.93. The van der Waals surface area contributed by atoms with Crippen LogP contribution in [-0.4, -0.2) is 54.3 Å². The van der Waals surface area contributed by atoms with Crippen molar-refractivity contribution in [3.63, 3.8) is 0 Å². The Balaban J connectivity index is 1.45. The van der Waals surface area contributed by atoms with Crippen LogP contribution in [0.5, 0.6) is 5.75 Å². The summed E-state index contributed by atoms with van der Waals surface area (Å²) in [5.41, 5.74) is 0. The number of carbonyl (C=O) groups is 1. The Hall–Kier alpha value is -1.89. The van der Waals surface area contributed by atoms with Gasteiger partial charge in [-0.2, -0.15) is 0 Å². The summed E-state index contributed by atoms with van der Waals surface area (Å²) in [6.07, 6.45) is 7.44. The highest BCUT2D eigenvalue weighted by atomic mass is 16.5. The average molecular weight is 433 g/mol. The monoisotopic (exact) mass is 432 g/mol. The summed E-state index contributed by atoms with van der Waals surface area (Å²) >= 11 is 0. The van der Waals surface area contributed by atoms with Crippen LogP contribution in [0.1, 0.15) is 45.4 Å². The summed E-state index contributed by atoms with van der Waals surface area (Å²) in [7, 11) is 0. The molecule has 1 aliphatic carbocycles. The van der Waals surface area contributed by atoms with Crippen LogP contribution in [-0.2, 0) is 14.3 Å². The van der Waals surface area contributed by atoms with Gasteiger partial charge in [0, 0.05) is 25.4 Å². The number of hydrogen-bond donors (Lipinski definition) is 2. The highest BCUT2D eigenvalue weighted by molar-refractivity contribution is 5.69. The fraction of sp³-hybridized carbons (Fsp3) is 0.640. The summed E-state index contributed by atoms with van der Waals surface area (Å²) in [5.74, 6) is 1.27. The Bertz CT molecular complexity index is 691. The molecule has 1 aliphatic heterocycles. The van der Waals surface area contributed by atoms with E-state index in [4.69, 9.17) is 14.2 Å². The van der Waals surface area contributed by atoms with E-state index < -0.39 is 12.2 Å². The van der Waals surface area contributed by atoms with Gasteiger partial charge in [-0.15, -0.1) is 0 Å². The van der Waals surface area contributed by atoms with Crippen molar-refractivity contribution < 1.29 is 29.2 Å². The molecule has 2 fully saturated rings. The molecule has 31 heavy (non-hydrogen) atoms. The Kier molecular flexibility index (Phi) is 9.37. The number of esters is 1. The summed E-state index contributed by atoms with van der Waals surface area (Å²) in [5, 5.41) is 20.8. The maximum Gasteiger partial charge on any atom is 0.305 e. The molecule has 6 heteroatoms. The molecule has 0 spiro atoms. The maximum atomic E-state index is 11.5. The number of carbonyl (C=O) groups excluding carboxylic acids is 1. The van der Waals surface area contributed by atoms with E-state index in [-0.39, 0.29) is 30.5 Å². The lowest BCUT2D eigenvalue weighted by Gasteiger charge is -2.21. The first kappa shape index (κ1) is 23.8. The van der Waals surface area contributed by atoms with E-state index in [1.54, 1.807) is 6.08 Å². The minimum Gasteiger partial charge on any atom is -0.491 e. The van der Waals surface area contributed by atoms with E-state index in [0.29, 0.717) is 32.0 Å². The molecule has 2 unspecified atom stereocenters. The molecule has 1 saturated carbocycles. The second-order valence-electron chi connectivity index (χ2n) is 8.63. The topological polar surface area (TPSA) is 85.2 Å². The van der Waals surface area contributed by atoms with Crippen LogP contribution < -0.4 is 4.74 Å². The first-order chi connectivity index (χ1) is 15.1. The number of benzene rings is 1. The third-order valence-electron chi connectivity index (χ3n) is 6.36. The predicted octanol–water partition coefficient (Wildman–Crippen LogP) is 3.51. The molecule has 6 nitrogen and oxygen atoms in total. The van der Waals surface area contributed by atoms with E-state index in [1.165, 1.54) is 0 Å². The minimum absolute atomic E-state index is 0.0188. The van der Waals surface area contributed by atoms with Gasteiger partial charge in [0.25, 0.3) is 0 Å². The van der Waals surface area contributed by atoms with Gasteiger partial charge in [-0.1, -0.05) is 30.4 Å². The number of aliphatic hydroxyl groups is 2. The minimum atomic E-state index is -0.728. The van der Waals surface area contributed by atoms with Gasteiger partial charge >= 0.3 is 5.97 Å². The van der Waals surface area contributed by atoms with E-state index in [1.807, 2.05) is 43.3 Å². The van der Waals surface area contributed by atoms with Crippen molar-refractivity contribution in [2.75, 3.05) is 19.8 Å². The Morgan fingerprint density at radius 1 is 1.29 bits per heavy atom. The summed E-state index contributed by atoms with van der Waals surface area (Å²) in [6, 6.07) is 9.41.